The Kier molecular flexibility index (Phi) is 7.98. The van der Waals surface area contributed by atoms with Crippen molar-refractivity contribution in [2.75, 3.05) is 0 Å². The lowest BCUT2D eigenvalue weighted by molar-refractivity contribution is -0.138. The van der Waals surface area contributed by atoms with Gasteiger partial charge >= 0.3 is 6.18 Å². The summed E-state index contributed by atoms with van der Waals surface area (Å²) in [6, 6.07) is 21.8. The molecule has 27 heavy (non-hydrogen) atoms. The number of alkyl halides is 3. The Hall–Kier alpha value is -2.70. The lowest BCUT2D eigenvalue weighted by Crippen LogP contribution is -2.18. The lowest BCUT2D eigenvalue weighted by atomic mass is 10.1. The van der Waals surface area contributed by atoms with E-state index >= 15 is 0 Å². The number of aromatic nitrogens is 1. The van der Waals surface area contributed by atoms with Gasteiger partial charge in [-0.25, -0.2) is 0 Å². The van der Waals surface area contributed by atoms with Gasteiger partial charge in [0.2, 0.25) is 0 Å². The molecule has 0 unspecified atom stereocenters. The van der Waals surface area contributed by atoms with Crippen molar-refractivity contribution in [2.24, 2.45) is 5.73 Å². The predicted octanol–water partition coefficient (Wildman–Crippen LogP) is 4.54. The highest BCUT2D eigenvalue weighted by Crippen LogP contribution is 2.30. The van der Waals surface area contributed by atoms with Gasteiger partial charge < -0.3 is 11.1 Å². The number of halogens is 3. The van der Waals surface area contributed by atoms with Crippen molar-refractivity contribution < 1.29 is 13.2 Å². The first-order valence-electron chi connectivity index (χ1n) is 8.50. The molecular weight excluding hydrogens is 351 g/mol. The van der Waals surface area contributed by atoms with Crippen LogP contribution in [0.4, 0.5) is 13.2 Å². The molecule has 0 bridgehead atoms. The zero-order chi connectivity index (χ0) is 19.5. The van der Waals surface area contributed by atoms with Gasteiger partial charge in [-0.1, -0.05) is 60.7 Å². The second-order valence-electron chi connectivity index (χ2n) is 5.77. The van der Waals surface area contributed by atoms with Crippen molar-refractivity contribution in [3.8, 4) is 0 Å². The zero-order valence-corrected chi connectivity index (χ0v) is 14.8. The topological polar surface area (TPSA) is 50.9 Å². The van der Waals surface area contributed by atoms with Crippen molar-refractivity contribution in [1.29, 1.82) is 0 Å². The van der Waals surface area contributed by atoms with Crippen LogP contribution in [-0.2, 0) is 25.8 Å². The van der Waals surface area contributed by atoms with Crippen molar-refractivity contribution in [2.45, 2.75) is 25.8 Å². The molecule has 3 nitrogen and oxygen atoms in total. The number of hydrogen-bond acceptors (Lipinski definition) is 3. The maximum Gasteiger partial charge on any atom is 0.418 e. The van der Waals surface area contributed by atoms with Gasteiger partial charge in [0.15, 0.2) is 0 Å². The number of pyridine rings is 1. The van der Waals surface area contributed by atoms with E-state index in [0.717, 1.165) is 11.6 Å². The number of benzene rings is 2. The minimum absolute atomic E-state index is 0.0194. The molecule has 3 N–H and O–H groups in total. The average molecular weight is 373 g/mol. The van der Waals surface area contributed by atoms with Crippen LogP contribution < -0.4 is 11.1 Å². The Morgan fingerprint density at radius 1 is 0.778 bits per heavy atom. The summed E-state index contributed by atoms with van der Waals surface area (Å²) in [4.78, 5) is 3.79. The number of nitrogens with two attached hydrogens (primary N) is 1. The molecular formula is C21H22F3N3. The van der Waals surface area contributed by atoms with Crippen molar-refractivity contribution in [3.63, 3.8) is 0 Å². The molecule has 0 spiro atoms. The average Bonchev–Trinajstić information content (AvgIpc) is 2.69. The molecule has 0 fully saturated rings. The van der Waals surface area contributed by atoms with Crippen molar-refractivity contribution >= 4 is 0 Å². The minimum atomic E-state index is -4.36. The summed E-state index contributed by atoms with van der Waals surface area (Å²) in [5, 5.41) is 2.97. The zero-order valence-electron chi connectivity index (χ0n) is 14.8. The molecule has 0 aliphatic heterocycles. The van der Waals surface area contributed by atoms with E-state index in [1.165, 1.54) is 17.8 Å². The second-order valence-corrected chi connectivity index (χ2v) is 5.77. The van der Waals surface area contributed by atoms with E-state index in [9.17, 15) is 13.2 Å². The highest BCUT2D eigenvalue weighted by molar-refractivity contribution is 5.23. The van der Waals surface area contributed by atoms with Gasteiger partial charge in [0.1, 0.15) is 0 Å². The molecule has 142 valence electrons. The molecule has 0 aliphatic carbocycles. The summed E-state index contributed by atoms with van der Waals surface area (Å²) in [6.07, 6.45) is -2.99. The van der Waals surface area contributed by atoms with Crippen LogP contribution in [0.5, 0.6) is 0 Å². The normalized spacial score (nSPS) is 10.8. The van der Waals surface area contributed by atoms with E-state index in [2.05, 4.69) is 10.3 Å². The van der Waals surface area contributed by atoms with E-state index in [-0.39, 0.29) is 12.2 Å². The maximum absolute atomic E-state index is 12.7. The maximum atomic E-state index is 12.7. The van der Waals surface area contributed by atoms with Gasteiger partial charge in [0.05, 0.1) is 11.3 Å². The molecule has 0 atom stereocenters. The van der Waals surface area contributed by atoms with Gasteiger partial charge in [-0.15, -0.1) is 0 Å². The van der Waals surface area contributed by atoms with Crippen LogP contribution >= 0.6 is 0 Å². The number of nitrogens with one attached hydrogen (secondary N) is 1. The summed E-state index contributed by atoms with van der Waals surface area (Å²) in [5.74, 6) is 0. The fraction of sp³-hybridized carbons (Fsp3) is 0.190. The molecule has 1 heterocycles. The Bertz CT molecular complexity index is 791. The third kappa shape index (κ3) is 7.21. The molecule has 2 aromatic carbocycles. The smallest absolute Gasteiger partial charge is 0.326 e. The largest absolute Gasteiger partial charge is 0.418 e. The van der Waals surface area contributed by atoms with Crippen LogP contribution in [0.1, 0.15) is 22.4 Å². The first-order chi connectivity index (χ1) is 13.0. The number of nitrogens with zero attached hydrogens (tertiary/aromatic N) is 1. The number of hydrogen-bond donors (Lipinski definition) is 2. The van der Waals surface area contributed by atoms with E-state index in [1.807, 2.05) is 60.7 Å². The fourth-order valence-corrected chi connectivity index (χ4v) is 2.37. The molecule has 0 saturated carbocycles. The quantitative estimate of drug-likeness (QED) is 0.691. The predicted molar refractivity (Wildman–Crippen MR) is 101 cm³/mol. The van der Waals surface area contributed by atoms with Crippen LogP contribution in [0.25, 0.3) is 0 Å². The molecule has 3 rings (SSSR count). The molecule has 0 saturated heterocycles. The van der Waals surface area contributed by atoms with Gasteiger partial charge in [-0.2, -0.15) is 13.2 Å². The third-order valence-corrected chi connectivity index (χ3v) is 3.74. The summed E-state index contributed by atoms with van der Waals surface area (Å²) in [7, 11) is 0. The highest BCUT2D eigenvalue weighted by atomic mass is 19.4. The molecule has 3 aromatic rings. The van der Waals surface area contributed by atoms with E-state index in [1.54, 1.807) is 0 Å². The Labute approximate surface area is 157 Å². The van der Waals surface area contributed by atoms with Crippen molar-refractivity contribution in [1.82, 2.24) is 10.3 Å². The molecule has 1 aromatic heterocycles. The lowest BCUT2D eigenvalue weighted by Gasteiger charge is -2.12. The Morgan fingerprint density at radius 3 is 1.89 bits per heavy atom. The van der Waals surface area contributed by atoms with Crippen LogP contribution in [0.15, 0.2) is 79.0 Å². The molecule has 0 amide bonds. The van der Waals surface area contributed by atoms with E-state index < -0.39 is 11.7 Å². The molecule has 0 radical (unpaired) electrons. The van der Waals surface area contributed by atoms with Gasteiger partial charge in [-0.3, -0.25) is 4.98 Å². The Morgan fingerprint density at radius 2 is 1.37 bits per heavy atom. The van der Waals surface area contributed by atoms with E-state index in [0.29, 0.717) is 13.1 Å². The summed E-state index contributed by atoms with van der Waals surface area (Å²) < 4.78 is 38.2. The first kappa shape index (κ1) is 20.6. The second kappa shape index (κ2) is 10.4. The summed E-state index contributed by atoms with van der Waals surface area (Å²) in [5.41, 5.74) is 6.89. The van der Waals surface area contributed by atoms with Crippen LogP contribution in [0.2, 0.25) is 0 Å². The SMILES string of the molecule is FC(F)(F)c1cccnc1CNCc1ccccc1.NCc1ccccc1. The molecule has 0 aliphatic rings. The van der Waals surface area contributed by atoms with Gasteiger partial charge in [-0.05, 0) is 23.3 Å². The third-order valence-electron chi connectivity index (χ3n) is 3.74. The fourth-order valence-electron chi connectivity index (χ4n) is 2.37. The first-order valence-corrected chi connectivity index (χ1v) is 8.50. The monoisotopic (exact) mass is 373 g/mol. The minimum Gasteiger partial charge on any atom is -0.326 e. The van der Waals surface area contributed by atoms with E-state index in [4.69, 9.17) is 5.73 Å². The van der Waals surface area contributed by atoms with Crippen LogP contribution in [-0.4, -0.2) is 4.98 Å². The Balaban J connectivity index is 0.000000273. The molecule has 6 heteroatoms. The summed E-state index contributed by atoms with van der Waals surface area (Å²) >= 11 is 0. The summed E-state index contributed by atoms with van der Waals surface area (Å²) in [6.45, 7) is 1.24. The van der Waals surface area contributed by atoms with Gasteiger partial charge in [0.25, 0.3) is 0 Å². The van der Waals surface area contributed by atoms with Crippen LogP contribution in [0, 0.1) is 0 Å². The highest BCUT2D eigenvalue weighted by Gasteiger charge is 2.33. The van der Waals surface area contributed by atoms with Crippen LogP contribution in [0.3, 0.4) is 0 Å². The van der Waals surface area contributed by atoms with Crippen molar-refractivity contribution in [3.05, 3.63) is 101 Å². The standard InChI is InChI=1S/C14H13F3N2.C7H9N/c15-14(16,17)12-7-4-8-19-13(12)10-18-9-11-5-2-1-3-6-11;8-6-7-4-2-1-3-5-7/h1-8,18H,9-10H2;1-5H,6,8H2. The van der Waals surface area contributed by atoms with Gasteiger partial charge in [0, 0.05) is 25.8 Å². The number of rotatable bonds is 5.